The maximum atomic E-state index is 13.1. The molecule has 1 aromatic rings. The van der Waals surface area contributed by atoms with Gasteiger partial charge in [0.15, 0.2) is 5.41 Å². The number of rotatable bonds is 7. The monoisotopic (exact) mass is 402 g/mol. The molecule has 7 nitrogen and oxygen atoms in total. The van der Waals surface area contributed by atoms with Crippen molar-refractivity contribution in [3.8, 4) is 0 Å². The second-order valence-corrected chi connectivity index (χ2v) is 7.61. The Kier molecular flexibility index (Phi) is 6.90. The van der Waals surface area contributed by atoms with Crippen LogP contribution in [-0.4, -0.2) is 66.5 Å². The second kappa shape index (κ2) is 9.39. The van der Waals surface area contributed by atoms with Gasteiger partial charge in [-0.15, -0.1) is 0 Å². The summed E-state index contributed by atoms with van der Waals surface area (Å²) in [6, 6.07) is 9.28. The Morgan fingerprint density at radius 1 is 1.03 bits per heavy atom. The lowest BCUT2D eigenvalue weighted by Crippen LogP contribution is -2.66. The molecule has 0 N–H and O–H groups in total. The summed E-state index contributed by atoms with van der Waals surface area (Å²) >= 11 is 0. The van der Waals surface area contributed by atoms with Gasteiger partial charge in [0, 0.05) is 13.1 Å². The highest BCUT2D eigenvalue weighted by molar-refractivity contribution is 6.05. The third-order valence-electron chi connectivity index (χ3n) is 5.82. The Bertz CT molecular complexity index is 712. The van der Waals surface area contributed by atoms with Gasteiger partial charge in [0.2, 0.25) is 5.91 Å². The largest absolute Gasteiger partial charge is 0.465 e. The first-order valence-corrected chi connectivity index (χ1v) is 10.4. The number of carbonyl (C=O) groups excluding carboxylic acids is 3. The Hall–Kier alpha value is -2.41. The number of ether oxygens (including phenoxy) is 2. The standard InChI is InChI=1S/C22H30N2O5/c1-3-28-20(26)22(21(27)29-4-2)14-19(25)24(15-17-10-6-5-7-11-17)16-18(22)23-12-8-9-13-23/h5-7,10-11,18H,3-4,8-9,12-16H2,1-2H3. The molecule has 2 aliphatic rings. The maximum Gasteiger partial charge on any atom is 0.325 e. The van der Waals surface area contributed by atoms with Crippen LogP contribution in [0.25, 0.3) is 0 Å². The molecule has 0 bridgehead atoms. The summed E-state index contributed by atoms with van der Waals surface area (Å²) in [6.45, 7) is 6.03. The fraction of sp³-hybridized carbons (Fsp3) is 0.591. The molecule has 1 amide bonds. The van der Waals surface area contributed by atoms with Gasteiger partial charge in [0.05, 0.1) is 25.7 Å². The summed E-state index contributed by atoms with van der Waals surface area (Å²) < 4.78 is 10.6. The van der Waals surface area contributed by atoms with Crippen molar-refractivity contribution in [3.05, 3.63) is 35.9 Å². The zero-order valence-electron chi connectivity index (χ0n) is 17.3. The molecule has 2 saturated heterocycles. The average Bonchev–Trinajstić information content (AvgIpc) is 3.25. The molecule has 2 heterocycles. The Morgan fingerprint density at radius 3 is 2.17 bits per heavy atom. The number of hydrogen-bond donors (Lipinski definition) is 0. The van der Waals surface area contributed by atoms with E-state index in [-0.39, 0.29) is 25.5 Å². The van der Waals surface area contributed by atoms with E-state index in [1.165, 1.54) is 0 Å². The zero-order chi connectivity index (χ0) is 20.9. The van der Waals surface area contributed by atoms with E-state index >= 15 is 0 Å². The van der Waals surface area contributed by atoms with Crippen LogP contribution in [0.5, 0.6) is 0 Å². The van der Waals surface area contributed by atoms with E-state index in [9.17, 15) is 14.4 Å². The minimum absolute atomic E-state index is 0.147. The average molecular weight is 402 g/mol. The first-order chi connectivity index (χ1) is 14.0. The second-order valence-electron chi connectivity index (χ2n) is 7.61. The number of carbonyl (C=O) groups is 3. The molecular formula is C22H30N2O5. The number of likely N-dealkylation sites (tertiary alicyclic amines) is 2. The predicted octanol–water partition coefficient (Wildman–Crippen LogP) is 2.00. The zero-order valence-corrected chi connectivity index (χ0v) is 17.3. The normalized spacial score (nSPS) is 21.8. The van der Waals surface area contributed by atoms with E-state index in [4.69, 9.17) is 9.47 Å². The number of hydrogen-bond acceptors (Lipinski definition) is 6. The lowest BCUT2D eigenvalue weighted by molar-refractivity contribution is -0.186. The smallest absolute Gasteiger partial charge is 0.325 e. The lowest BCUT2D eigenvalue weighted by atomic mass is 9.73. The van der Waals surface area contributed by atoms with Gasteiger partial charge in [0.25, 0.3) is 0 Å². The summed E-state index contributed by atoms with van der Waals surface area (Å²) in [6.07, 6.45) is 1.79. The van der Waals surface area contributed by atoms with Crippen LogP contribution in [0.4, 0.5) is 0 Å². The quantitative estimate of drug-likeness (QED) is 0.513. The topological polar surface area (TPSA) is 76.2 Å². The molecule has 2 aliphatic heterocycles. The van der Waals surface area contributed by atoms with Gasteiger partial charge in [-0.05, 0) is 45.3 Å². The summed E-state index contributed by atoms with van der Waals surface area (Å²) in [4.78, 5) is 43.2. The van der Waals surface area contributed by atoms with Crippen molar-refractivity contribution in [2.75, 3.05) is 32.8 Å². The van der Waals surface area contributed by atoms with E-state index in [0.717, 1.165) is 31.5 Å². The minimum Gasteiger partial charge on any atom is -0.465 e. The molecule has 0 radical (unpaired) electrons. The van der Waals surface area contributed by atoms with Gasteiger partial charge in [-0.1, -0.05) is 30.3 Å². The van der Waals surface area contributed by atoms with Crippen LogP contribution >= 0.6 is 0 Å². The van der Waals surface area contributed by atoms with Gasteiger partial charge < -0.3 is 14.4 Å². The SMILES string of the molecule is CCOC(=O)C1(C(=O)OCC)CC(=O)N(Cc2ccccc2)CC1N1CCCC1. The number of amides is 1. The van der Waals surface area contributed by atoms with Crippen molar-refractivity contribution in [2.45, 2.75) is 45.7 Å². The van der Waals surface area contributed by atoms with Crippen molar-refractivity contribution in [3.63, 3.8) is 0 Å². The number of benzene rings is 1. The number of esters is 2. The third-order valence-corrected chi connectivity index (χ3v) is 5.82. The van der Waals surface area contributed by atoms with Crippen LogP contribution in [0, 0.1) is 5.41 Å². The Labute approximate surface area is 171 Å². The summed E-state index contributed by atoms with van der Waals surface area (Å²) in [5, 5.41) is 0. The summed E-state index contributed by atoms with van der Waals surface area (Å²) in [5.74, 6) is -1.53. The van der Waals surface area contributed by atoms with Crippen LogP contribution in [0.2, 0.25) is 0 Å². The van der Waals surface area contributed by atoms with Crippen LogP contribution in [-0.2, 0) is 30.4 Å². The fourth-order valence-electron chi connectivity index (χ4n) is 4.39. The molecule has 0 spiro atoms. The van der Waals surface area contributed by atoms with Gasteiger partial charge in [-0.3, -0.25) is 19.3 Å². The molecule has 2 fully saturated rings. The van der Waals surface area contributed by atoms with Crippen molar-refractivity contribution >= 4 is 17.8 Å². The van der Waals surface area contributed by atoms with Gasteiger partial charge in [0.1, 0.15) is 0 Å². The summed E-state index contributed by atoms with van der Waals surface area (Å²) in [7, 11) is 0. The van der Waals surface area contributed by atoms with E-state index in [2.05, 4.69) is 4.90 Å². The molecule has 29 heavy (non-hydrogen) atoms. The van der Waals surface area contributed by atoms with Crippen LogP contribution in [0.15, 0.2) is 30.3 Å². The molecular weight excluding hydrogens is 372 g/mol. The van der Waals surface area contributed by atoms with E-state index in [1.54, 1.807) is 18.7 Å². The van der Waals surface area contributed by atoms with Crippen LogP contribution in [0.3, 0.4) is 0 Å². The predicted molar refractivity (Wildman–Crippen MR) is 107 cm³/mol. The summed E-state index contributed by atoms with van der Waals surface area (Å²) in [5.41, 5.74) is -0.596. The minimum atomic E-state index is -1.61. The third kappa shape index (κ3) is 4.29. The highest BCUT2D eigenvalue weighted by atomic mass is 16.6. The lowest BCUT2D eigenvalue weighted by Gasteiger charge is -2.47. The molecule has 1 aromatic carbocycles. The first-order valence-electron chi connectivity index (χ1n) is 10.4. The Morgan fingerprint density at radius 2 is 1.62 bits per heavy atom. The van der Waals surface area contributed by atoms with E-state index < -0.39 is 23.4 Å². The molecule has 0 aliphatic carbocycles. The van der Waals surface area contributed by atoms with Crippen LogP contribution < -0.4 is 0 Å². The molecule has 0 aromatic heterocycles. The van der Waals surface area contributed by atoms with Crippen molar-refractivity contribution in [2.24, 2.45) is 5.41 Å². The molecule has 1 atom stereocenters. The number of piperidine rings is 1. The van der Waals surface area contributed by atoms with E-state index in [1.807, 2.05) is 30.3 Å². The molecule has 1 unspecified atom stereocenters. The Balaban J connectivity index is 1.96. The van der Waals surface area contributed by atoms with Gasteiger partial charge in [-0.25, -0.2) is 0 Å². The molecule has 7 heteroatoms. The van der Waals surface area contributed by atoms with Crippen molar-refractivity contribution < 1.29 is 23.9 Å². The van der Waals surface area contributed by atoms with Crippen molar-refractivity contribution in [1.29, 1.82) is 0 Å². The highest BCUT2D eigenvalue weighted by Gasteiger charge is 2.61. The fourth-order valence-corrected chi connectivity index (χ4v) is 4.39. The molecule has 0 saturated carbocycles. The van der Waals surface area contributed by atoms with E-state index in [0.29, 0.717) is 13.1 Å². The highest BCUT2D eigenvalue weighted by Crippen LogP contribution is 2.40. The van der Waals surface area contributed by atoms with Crippen LogP contribution in [0.1, 0.15) is 38.7 Å². The van der Waals surface area contributed by atoms with Crippen molar-refractivity contribution in [1.82, 2.24) is 9.80 Å². The van der Waals surface area contributed by atoms with Gasteiger partial charge in [-0.2, -0.15) is 0 Å². The van der Waals surface area contributed by atoms with Gasteiger partial charge >= 0.3 is 11.9 Å². The first kappa shape index (κ1) is 21.3. The number of nitrogens with zero attached hydrogens (tertiary/aromatic N) is 2. The molecule has 158 valence electrons. The maximum absolute atomic E-state index is 13.1. The molecule has 3 rings (SSSR count).